The van der Waals surface area contributed by atoms with Crippen molar-refractivity contribution in [1.82, 2.24) is 30.1 Å². The molecule has 1 N–H and O–H groups in total. The number of piperazine rings is 1. The van der Waals surface area contributed by atoms with E-state index in [-0.39, 0.29) is 5.91 Å². The number of carbonyl (C=O) groups excluding carboxylic acids is 1. The molecule has 0 aliphatic carbocycles. The van der Waals surface area contributed by atoms with Crippen LogP contribution in [0.2, 0.25) is 0 Å². The molecule has 3 rings (SSSR count). The van der Waals surface area contributed by atoms with E-state index < -0.39 is 0 Å². The first-order valence-corrected chi connectivity index (χ1v) is 9.96. The van der Waals surface area contributed by atoms with Crippen LogP contribution in [0.3, 0.4) is 0 Å². The monoisotopic (exact) mass is 364 g/mol. The Bertz CT molecular complexity index is 572. The molecule has 2 fully saturated rings. The highest BCUT2D eigenvalue weighted by atomic mass is 16.5. The molecular formula is C18H32N6O2. The maximum Gasteiger partial charge on any atom is 0.276 e. The molecule has 3 heterocycles. The molecule has 26 heavy (non-hydrogen) atoms. The van der Waals surface area contributed by atoms with Crippen LogP contribution in [0.25, 0.3) is 0 Å². The van der Waals surface area contributed by atoms with E-state index in [0.717, 1.165) is 71.7 Å². The van der Waals surface area contributed by atoms with Gasteiger partial charge in [0, 0.05) is 38.8 Å². The van der Waals surface area contributed by atoms with Gasteiger partial charge in [-0.25, -0.2) is 4.68 Å². The predicted molar refractivity (Wildman–Crippen MR) is 99.2 cm³/mol. The van der Waals surface area contributed by atoms with E-state index in [1.165, 1.54) is 0 Å². The number of amides is 1. The lowest BCUT2D eigenvalue weighted by Crippen LogP contribution is -2.55. The molecule has 0 radical (unpaired) electrons. The summed E-state index contributed by atoms with van der Waals surface area (Å²) in [5.41, 5.74) is 0.473. The summed E-state index contributed by atoms with van der Waals surface area (Å²) in [6.45, 7) is 11.0. The van der Waals surface area contributed by atoms with Gasteiger partial charge in [-0.2, -0.15) is 0 Å². The van der Waals surface area contributed by atoms with Crippen molar-refractivity contribution >= 4 is 5.91 Å². The van der Waals surface area contributed by atoms with Crippen molar-refractivity contribution in [2.45, 2.75) is 45.2 Å². The first-order valence-electron chi connectivity index (χ1n) is 9.96. The van der Waals surface area contributed by atoms with Gasteiger partial charge in [-0.15, -0.1) is 5.10 Å². The Kier molecular flexibility index (Phi) is 6.99. The summed E-state index contributed by atoms with van der Waals surface area (Å²) in [6, 6.07) is 0.733. The van der Waals surface area contributed by atoms with Crippen LogP contribution in [0.5, 0.6) is 0 Å². The highest BCUT2D eigenvalue weighted by Gasteiger charge is 2.30. The van der Waals surface area contributed by atoms with Gasteiger partial charge in [-0.1, -0.05) is 12.1 Å². The van der Waals surface area contributed by atoms with Crippen LogP contribution < -0.4 is 5.32 Å². The third-order valence-electron chi connectivity index (χ3n) is 5.50. The molecule has 2 aliphatic heterocycles. The molecule has 8 heteroatoms. The highest BCUT2D eigenvalue weighted by molar-refractivity contribution is 5.92. The SMILES string of the molecule is CCOCCN1CCN(C(=O)c2cn(C3CCNCC3)nn2)CC1CC. The number of hydrogen-bond acceptors (Lipinski definition) is 6. The predicted octanol–water partition coefficient (Wildman–Crippen LogP) is 0.776. The normalized spacial score (nSPS) is 22.7. The van der Waals surface area contributed by atoms with E-state index >= 15 is 0 Å². The number of ether oxygens (including phenoxy) is 1. The Morgan fingerprint density at radius 2 is 2.12 bits per heavy atom. The average molecular weight is 364 g/mol. The van der Waals surface area contributed by atoms with Gasteiger partial charge in [-0.3, -0.25) is 9.69 Å². The average Bonchev–Trinajstić information content (AvgIpc) is 3.18. The van der Waals surface area contributed by atoms with Crippen molar-refractivity contribution in [3.63, 3.8) is 0 Å². The van der Waals surface area contributed by atoms with Crippen LogP contribution in [0.1, 0.15) is 49.6 Å². The van der Waals surface area contributed by atoms with Gasteiger partial charge in [0.2, 0.25) is 0 Å². The fourth-order valence-corrected chi connectivity index (χ4v) is 3.87. The molecule has 0 saturated carbocycles. The smallest absolute Gasteiger partial charge is 0.276 e. The van der Waals surface area contributed by atoms with Crippen molar-refractivity contribution in [2.75, 3.05) is 52.5 Å². The van der Waals surface area contributed by atoms with Crippen LogP contribution in [-0.4, -0.2) is 89.2 Å². The second-order valence-corrected chi connectivity index (χ2v) is 7.11. The number of rotatable bonds is 7. The van der Waals surface area contributed by atoms with Crippen molar-refractivity contribution in [3.8, 4) is 0 Å². The number of nitrogens with zero attached hydrogens (tertiary/aromatic N) is 5. The molecule has 2 saturated heterocycles. The van der Waals surface area contributed by atoms with E-state index in [9.17, 15) is 4.79 Å². The molecule has 0 bridgehead atoms. The standard InChI is InChI=1S/C18H32N6O2/c1-3-15-13-23(10-9-22(15)11-12-26-4-2)18(25)17-14-24(21-20-17)16-5-7-19-8-6-16/h14-16,19H,3-13H2,1-2H3. The second kappa shape index (κ2) is 9.43. The van der Waals surface area contributed by atoms with E-state index in [1.807, 2.05) is 22.7 Å². The molecule has 2 aliphatic rings. The summed E-state index contributed by atoms with van der Waals surface area (Å²) in [5.74, 6) is 0.00749. The van der Waals surface area contributed by atoms with Gasteiger partial charge in [0.25, 0.3) is 5.91 Å². The van der Waals surface area contributed by atoms with Crippen LogP contribution >= 0.6 is 0 Å². The van der Waals surface area contributed by atoms with Crippen LogP contribution in [0.15, 0.2) is 6.20 Å². The third kappa shape index (κ3) is 4.61. The quantitative estimate of drug-likeness (QED) is 0.721. The molecule has 0 aromatic carbocycles. The summed E-state index contributed by atoms with van der Waals surface area (Å²) in [5, 5.41) is 11.7. The first-order chi connectivity index (χ1) is 12.7. The molecule has 1 unspecified atom stereocenters. The number of piperidine rings is 1. The van der Waals surface area contributed by atoms with Crippen molar-refractivity contribution in [1.29, 1.82) is 0 Å². The van der Waals surface area contributed by atoms with Gasteiger partial charge >= 0.3 is 0 Å². The van der Waals surface area contributed by atoms with Crippen LogP contribution in [0.4, 0.5) is 0 Å². The van der Waals surface area contributed by atoms with E-state index in [4.69, 9.17) is 4.74 Å². The van der Waals surface area contributed by atoms with E-state index in [1.54, 1.807) is 0 Å². The summed E-state index contributed by atoms with van der Waals surface area (Å²) in [6.07, 6.45) is 4.93. The fraction of sp³-hybridized carbons (Fsp3) is 0.833. The summed E-state index contributed by atoms with van der Waals surface area (Å²) >= 11 is 0. The Labute approximate surface area is 155 Å². The Hall–Kier alpha value is -1.51. The lowest BCUT2D eigenvalue weighted by molar-refractivity contribution is 0.0337. The largest absolute Gasteiger partial charge is 0.380 e. The Balaban J connectivity index is 1.57. The van der Waals surface area contributed by atoms with Gasteiger partial charge in [-0.05, 0) is 39.3 Å². The van der Waals surface area contributed by atoms with Crippen molar-refractivity contribution in [3.05, 3.63) is 11.9 Å². The minimum absolute atomic E-state index is 0.00749. The third-order valence-corrected chi connectivity index (χ3v) is 5.50. The lowest BCUT2D eigenvalue weighted by Gasteiger charge is -2.40. The maximum atomic E-state index is 12.9. The minimum Gasteiger partial charge on any atom is -0.380 e. The summed E-state index contributed by atoms with van der Waals surface area (Å²) in [7, 11) is 0. The number of aromatic nitrogens is 3. The number of nitrogens with one attached hydrogen (secondary N) is 1. The number of carbonyl (C=O) groups is 1. The van der Waals surface area contributed by atoms with Crippen LogP contribution in [-0.2, 0) is 4.74 Å². The molecule has 1 aromatic rings. The fourth-order valence-electron chi connectivity index (χ4n) is 3.87. The lowest BCUT2D eigenvalue weighted by atomic mass is 10.1. The van der Waals surface area contributed by atoms with E-state index in [2.05, 4.69) is 27.5 Å². The molecular weight excluding hydrogens is 332 g/mol. The molecule has 0 spiro atoms. The van der Waals surface area contributed by atoms with Crippen LogP contribution in [0, 0.1) is 0 Å². The second-order valence-electron chi connectivity index (χ2n) is 7.11. The first kappa shape index (κ1) is 19.3. The minimum atomic E-state index is 0.00749. The van der Waals surface area contributed by atoms with Gasteiger partial charge in [0.15, 0.2) is 5.69 Å². The van der Waals surface area contributed by atoms with Gasteiger partial charge in [0.1, 0.15) is 0 Å². The zero-order valence-electron chi connectivity index (χ0n) is 16.1. The zero-order valence-corrected chi connectivity index (χ0v) is 16.1. The molecule has 1 amide bonds. The van der Waals surface area contributed by atoms with Gasteiger partial charge in [0.05, 0.1) is 18.8 Å². The Morgan fingerprint density at radius 1 is 1.31 bits per heavy atom. The highest BCUT2D eigenvalue weighted by Crippen LogP contribution is 2.19. The maximum absolute atomic E-state index is 12.9. The zero-order chi connectivity index (χ0) is 18.4. The topological polar surface area (TPSA) is 75.5 Å². The van der Waals surface area contributed by atoms with Crippen molar-refractivity contribution in [2.24, 2.45) is 0 Å². The molecule has 146 valence electrons. The molecule has 8 nitrogen and oxygen atoms in total. The van der Waals surface area contributed by atoms with E-state index in [0.29, 0.717) is 17.8 Å². The summed E-state index contributed by atoms with van der Waals surface area (Å²) in [4.78, 5) is 17.2. The Morgan fingerprint density at radius 3 is 2.85 bits per heavy atom. The molecule has 1 atom stereocenters. The molecule has 1 aromatic heterocycles. The number of hydrogen-bond donors (Lipinski definition) is 1. The van der Waals surface area contributed by atoms with Crippen molar-refractivity contribution < 1.29 is 9.53 Å². The van der Waals surface area contributed by atoms with Gasteiger partial charge < -0.3 is 15.0 Å². The summed E-state index contributed by atoms with van der Waals surface area (Å²) < 4.78 is 7.36.